The first-order valence-corrected chi connectivity index (χ1v) is 9.43. The lowest BCUT2D eigenvalue weighted by Gasteiger charge is -2.33. The lowest BCUT2D eigenvalue weighted by atomic mass is 10.0. The van der Waals surface area contributed by atoms with Crippen LogP contribution in [0, 0.1) is 0 Å². The summed E-state index contributed by atoms with van der Waals surface area (Å²) in [5.74, 6) is 0.0472. The number of rotatable bonds is 5. The van der Waals surface area contributed by atoms with E-state index in [-0.39, 0.29) is 11.9 Å². The van der Waals surface area contributed by atoms with Crippen LogP contribution in [0.4, 0.5) is 0 Å². The highest BCUT2D eigenvalue weighted by Gasteiger charge is 2.24. The van der Waals surface area contributed by atoms with Crippen LogP contribution in [-0.4, -0.2) is 49.2 Å². The summed E-state index contributed by atoms with van der Waals surface area (Å²) in [6.07, 6.45) is 5.12. The first kappa shape index (κ1) is 18.0. The molecular formula is C18H24Cl2N2O2. The number of ether oxygens (including phenoxy) is 1. The largest absolute Gasteiger partial charge is 0.377 e. The molecule has 1 amide bonds. The van der Waals surface area contributed by atoms with Gasteiger partial charge in [0.15, 0.2) is 0 Å². The van der Waals surface area contributed by atoms with Gasteiger partial charge in [-0.1, -0.05) is 29.3 Å². The van der Waals surface area contributed by atoms with Crippen molar-refractivity contribution >= 4 is 29.1 Å². The van der Waals surface area contributed by atoms with E-state index in [1.165, 1.54) is 12.8 Å². The normalized spacial score (nSPS) is 22.7. The molecule has 3 rings (SSSR count). The summed E-state index contributed by atoms with van der Waals surface area (Å²) in [6, 6.07) is 5.60. The molecule has 0 bridgehead atoms. The molecule has 6 heteroatoms. The highest BCUT2D eigenvalue weighted by molar-refractivity contribution is 6.42. The minimum Gasteiger partial charge on any atom is -0.377 e. The van der Waals surface area contributed by atoms with Crippen LogP contribution in [0.3, 0.4) is 0 Å². The molecule has 1 unspecified atom stereocenters. The Balaban J connectivity index is 1.40. The molecule has 0 aliphatic carbocycles. The maximum absolute atomic E-state index is 12.2. The Labute approximate surface area is 153 Å². The number of nitrogens with zero attached hydrogens (tertiary/aromatic N) is 1. The number of nitrogens with one attached hydrogen (secondary N) is 1. The number of benzene rings is 1. The molecule has 2 saturated heterocycles. The van der Waals surface area contributed by atoms with E-state index in [0.717, 1.165) is 44.6 Å². The zero-order chi connectivity index (χ0) is 16.9. The molecule has 2 fully saturated rings. The first-order valence-electron chi connectivity index (χ1n) is 8.67. The molecule has 0 radical (unpaired) electrons. The maximum Gasteiger partial charge on any atom is 0.224 e. The van der Waals surface area contributed by atoms with Gasteiger partial charge in [0.1, 0.15) is 0 Å². The topological polar surface area (TPSA) is 41.6 Å². The zero-order valence-electron chi connectivity index (χ0n) is 13.8. The average molecular weight is 371 g/mol. The minimum absolute atomic E-state index is 0.0472. The lowest BCUT2D eigenvalue weighted by molar-refractivity contribution is -0.121. The molecule has 24 heavy (non-hydrogen) atoms. The van der Waals surface area contributed by atoms with Gasteiger partial charge in [-0.2, -0.15) is 0 Å². The Hall–Kier alpha value is -0.810. The Kier molecular flexibility index (Phi) is 6.39. The Morgan fingerprint density at radius 3 is 2.67 bits per heavy atom. The predicted molar refractivity (Wildman–Crippen MR) is 96.7 cm³/mol. The van der Waals surface area contributed by atoms with E-state index in [0.29, 0.717) is 22.6 Å². The second kappa shape index (κ2) is 8.52. The van der Waals surface area contributed by atoms with E-state index in [1.807, 2.05) is 6.07 Å². The number of likely N-dealkylation sites (tertiary alicyclic amines) is 1. The van der Waals surface area contributed by atoms with Crippen molar-refractivity contribution in [2.24, 2.45) is 0 Å². The van der Waals surface area contributed by atoms with Crippen molar-refractivity contribution in [3.63, 3.8) is 0 Å². The molecule has 1 aromatic rings. The van der Waals surface area contributed by atoms with Crippen molar-refractivity contribution in [2.45, 2.75) is 44.2 Å². The Bertz CT molecular complexity index is 568. The van der Waals surface area contributed by atoms with Gasteiger partial charge in [-0.3, -0.25) is 4.79 Å². The van der Waals surface area contributed by atoms with Crippen LogP contribution in [0.5, 0.6) is 0 Å². The van der Waals surface area contributed by atoms with E-state index < -0.39 is 0 Å². The summed E-state index contributed by atoms with van der Waals surface area (Å²) < 4.78 is 5.70. The maximum atomic E-state index is 12.2. The second-order valence-electron chi connectivity index (χ2n) is 6.70. The molecule has 0 spiro atoms. The van der Waals surface area contributed by atoms with Crippen LogP contribution >= 0.6 is 23.2 Å². The fourth-order valence-corrected chi connectivity index (χ4v) is 3.77. The highest BCUT2D eigenvalue weighted by Crippen LogP contribution is 2.23. The number of hydrogen-bond acceptors (Lipinski definition) is 3. The molecule has 0 aromatic heterocycles. The molecule has 4 nitrogen and oxygen atoms in total. The Morgan fingerprint density at radius 2 is 2.00 bits per heavy atom. The van der Waals surface area contributed by atoms with Crippen molar-refractivity contribution in [2.75, 3.05) is 26.2 Å². The molecule has 2 aliphatic rings. The quantitative estimate of drug-likeness (QED) is 0.864. The third kappa shape index (κ3) is 5.09. The fourth-order valence-electron chi connectivity index (χ4n) is 3.45. The van der Waals surface area contributed by atoms with Crippen molar-refractivity contribution in [3.05, 3.63) is 33.8 Å². The Morgan fingerprint density at radius 1 is 1.21 bits per heavy atom. The van der Waals surface area contributed by atoms with Gasteiger partial charge in [-0.05, 0) is 43.4 Å². The van der Waals surface area contributed by atoms with Crippen LogP contribution < -0.4 is 5.32 Å². The number of piperidine rings is 1. The number of hydrogen-bond donors (Lipinski definition) is 1. The summed E-state index contributed by atoms with van der Waals surface area (Å²) in [6.45, 7) is 3.99. The molecule has 0 saturated carbocycles. The molecule has 1 atom stereocenters. The lowest BCUT2D eigenvalue weighted by Crippen LogP contribution is -2.46. The van der Waals surface area contributed by atoms with Crippen molar-refractivity contribution in [1.29, 1.82) is 0 Å². The van der Waals surface area contributed by atoms with Gasteiger partial charge >= 0.3 is 0 Å². The van der Waals surface area contributed by atoms with E-state index in [1.54, 1.807) is 12.1 Å². The van der Waals surface area contributed by atoms with Gasteiger partial charge in [0.2, 0.25) is 5.91 Å². The van der Waals surface area contributed by atoms with E-state index in [2.05, 4.69) is 10.2 Å². The van der Waals surface area contributed by atoms with Gasteiger partial charge in [0, 0.05) is 32.3 Å². The predicted octanol–water partition coefficient (Wildman–Crippen LogP) is 3.30. The number of carbonyl (C=O) groups excluding carboxylic acids is 1. The summed E-state index contributed by atoms with van der Waals surface area (Å²) in [5.41, 5.74) is 0.887. The standard InChI is InChI=1S/C18H24Cl2N2O2/c19-16-4-3-13(10-17(16)20)11-18(23)21-14-5-7-22(8-6-14)12-15-2-1-9-24-15/h3-4,10,14-15H,1-2,5-9,11-12H2,(H,21,23). The monoisotopic (exact) mass is 370 g/mol. The van der Waals surface area contributed by atoms with Crippen molar-refractivity contribution < 1.29 is 9.53 Å². The van der Waals surface area contributed by atoms with Gasteiger partial charge in [-0.15, -0.1) is 0 Å². The number of carbonyl (C=O) groups is 1. The van der Waals surface area contributed by atoms with Gasteiger partial charge in [0.05, 0.1) is 22.6 Å². The number of amides is 1. The summed E-state index contributed by atoms with van der Waals surface area (Å²) in [5, 5.41) is 4.15. The minimum atomic E-state index is 0.0472. The first-order chi connectivity index (χ1) is 11.6. The van der Waals surface area contributed by atoms with Crippen molar-refractivity contribution in [1.82, 2.24) is 10.2 Å². The van der Waals surface area contributed by atoms with E-state index in [4.69, 9.17) is 27.9 Å². The van der Waals surface area contributed by atoms with Gasteiger partial charge in [-0.25, -0.2) is 0 Å². The summed E-state index contributed by atoms with van der Waals surface area (Å²) in [7, 11) is 0. The van der Waals surface area contributed by atoms with Crippen LogP contribution in [0.15, 0.2) is 18.2 Å². The molecule has 1 aromatic carbocycles. The third-order valence-corrected chi connectivity index (χ3v) is 5.53. The SMILES string of the molecule is O=C(Cc1ccc(Cl)c(Cl)c1)NC1CCN(CC2CCCO2)CC1. The second-order valence-corrected chi connectivity index (χ2v) is 7.52. The van der Waals surface area contributed by atoms with Crippen LogP contribution in [0.1, 0.15) is 31.2 Å². The van der Waals surface area contributed by atoms with Gasteiger partial charge < -0.3 is 15.0 Å². The van der Waals surface area contributed by atoms with Crippen LogP contribution in [-0.2, 0) is 16.0 Å². The van der Waals surface area contributed by atoms with Crippen molar-refractivity contribution in [3.8, 4) is 0 Å². The summed E-state index contributed by atoms with van der Waals surface area (Å²) in [4.78, 5) is 14.7. The fraction of sp³-hybridized carbons (Fsp3) is 0.611. The van der Waals surface area contributed by atoms with Crippen LogP contribution in [0.2, 0.25) is 10.0 Å². The number of halogens is 2. The third-order valence-electron chi connectivity index (χ3n) is 4.79. The zero-order valence-corrected chi connectivity index (χ0v) is 15.3. The highest BCUT2D eigenvalue weighted by atomic mass is 35.5. The molecule has 132 valence electrons. The molecule has 2 heterocycles. The smallest absolute Gasteiger partial charge is 0.224 e. The summed E-state index contributed by atoms with van der Waals surface area (Å²) >= 11 is 11.9. The van der Waals surface area contributed by atoms with Crippen LogP contribution in [0.25, 0.3) is 0 Å². The van der Waals surface area contributed by atoms with E-state index in [9.17, 15) is 4.79 Å². The molecule has 1 N–H and O–H groups in total. The average Bonchev–Trinajstić information content (AvgIpc) is 3.06. The molecule has 2 aliphatic heterocycles. The van der Waals surface area contributed by atoms with Gasteiger partial charge in [0.25, 0.3) is 0 Å². The van der Waals surface area contributed by atoms with E-state index >= 15 is 0 Å². The molecular weight excluding hydrogens is 347 g/mol.